The maximum absolute atomic E-state index is 5.70. The average molecular weight is 173 g/mol. The molecule has 0 aliphatic heterocycles. The molecule has 0 fully saturated rings. The third kappa shape index (κ3) is 1.41. The van der Waals surface area contributed by atoms with Crippen molar-refractivity contribution < 1.29 is 0 Å². The first-order chi connectivity index (χ1) is 5.20. The number of hydrogen-bond donors (Lipinski definition) is 0. The van der Waals surface area contributed by atoms with E-state index >= 15 is 0 Å². The summed E-state index contributed by atoms with van der Waals surface area (Å²) in [5, 5.41) is 4.28. The van der Waals surface area contributed by atoms with E-state index in [1.807, 2.05) is 11.7 Å². The Labute approximate surface area is 72.2 Å². The van der Waals surface area contributed by atoms with Crippen LogP contribution in [0.4, 0.5) is 0 Å². The minimum absolute atomic E-state index is 0.514. The highest BCUT2D eigenvalue weighted by atomic mass is 35.5. The number of alkyl halides is 1. The summed E-state index contributed by atoms with van der Waals surface area (Å²) < 4.78 is 1.91. The lowest BCUT2D eigenvalue weighted by molar-refractivity contribution is 0.709. The Hall–Kier alpha value is -0.500. The largest absolute Gasteiger partial charge is 0.272 e. The predicted octanol–water partition coefficient (Wildman–Crippen LogP) is 2.03. The molecule has 11 heavy (non-hydrogen) atoms. The number of halogens is 1. The van der Waals surface area contributed by atoms with Gasteiger partial charge in [0.1, 0.15) is 0 Å². The van der Waals surface area contributed by atoms with Crippen LogP contribution in [0.3, 0.4) is 0 Å². The summed E-state index contributed by atoms with van der Waals surface area (Å²) in [6.07, 6.45) is 1.02. The average Bonchev–Trinajstić information content (AvgIpc) is 2.26. The van der Waals surface area contributed by atoms with Gasteiger partial charge in [0.05, 0.1) is 11.6 Å². The molecular formula is C8H13ClN2. The van der Waals surface area contributed by atoms with Crippen molar-refractivity contribution in [3.8, 4) is 0 Å². The monoisotopic (exact) mass is 172 g/mol. The molecule has 0 aromatic carbocycles. The number of rotatable bonds is 2. The van der Waals surface area contributed by atoms with Gasteiger partial charge in [-0.05, 0) is 18.9 Å². The second-order valence-corrected chi connectivity index (χ2v) is 2.90. The fraction of sp³-hybridized carbons (Fsp3) is 0.625. The standard InChI is InChI=1S/C8H13ClN2/c1-4-8-6(2)7(5-9)10-11(8)3/h4-5H2,1-3H3. The second-order valence-electron chi connectivity index (χ2n) is 2.63. The predicted molar refractivity (Wildman–Crippen MR) is 46.9 cm³/mol. The van der Waals surface area contributed by atoms with E-state index in [0.29, 0.717) is 5.88 Å². The topological polar surface area (TPSA) is 17.8 Å². The van der Waals surface area contributed by atoms with E-state index in [1.165, 1.54) is 11.3 Å². The SMILES string of the molecule is CCc1c(C)c(CCl)nn1C. The molecule has 1 aromatic heterocycles. The van der Waals surface area contributed by atoms with E-state index in [0.717, 1.165) is 12.1 Å². The lowest BCUT2D eigenvalue weighted by Crippen LogP contribution is -1.96. The van der Waals surface area contributed by atoms with Crippen LogP contribution in [-0.4, -0.2) is 9.78 Å². The number of nitrogens with zero attached hydrogens (tertiary/aromatic N) is 2. The van der Waals surface area contributed by atoms with Gasteiger partial charge < -0.3 is 0 Å². The van der Waals surface area contributed by atoms with Crippen LogP contribution in [0, 0.1) is 6.92 Å². The van der Waals surface area contributed by atoms with E-state index in [9.17, 15) is 0 Å². The molecular weight excluding hydrogens is 160 g/mol. The van der Waals surface area contributed by atoms with Crippen LogP contribution in [0.1, 0.15) is 23.9 Å². The van der Waals surface area contributed by atoms with Crippen molar-refractivity contribution in [3.63, 3.8) is 0 Å². The maximum Gasteiger partial charge on any atom is 0.0804 e. The molecule has 0 amide bonds. The minimum atomic E-state index is 0.514. The van der Waals surface area contributed by atoms with Gasteiger partial charge in [0.2, 0.25) is 0 Å². The Kier molecular flexibility index (Phi) is 2.55. The van der Waals surface area contributed by atoms with Crippen LogP contribution in [0.2, 0.25) is 0 Å². The Morgan fingerprint density at radius 2 is 2.18 bits per heavy atom. The zero-order chi connectivity index (χ0) is 8.43. The van der Waals surface area contributed by atoms with Crippen molar-refractivity contribution in [1.29, 1.82) is 0 Å². The molecule has 62 valence electrons. The van der Waals surface area contributed by atoms with Crippen molar-refractivity contribution in [2.45, 2.75) is 26.1 Å². The Balaban J connectivity index is 3.14. The van der Waals surface area contributed by atoms with Gasteiger partial charge in [-0.15, -0.1) is 11.6 Å². The van der Waals surface area contributed by atoms with Gasteiger partial charge in [-0.2, -0.15) is 5.10 Å². The molecule has 0 aliphatic carbocycles. The zero-order valence-corrected chi connectivity index (χ0v) is 7.94. The van der Waals surface area contributed by atoms with Crippen LogP contribution in [-0.2, 0) is 19.3 Å². The molecule has 0 spiro atoms. The molecule has 0 saturated heterocycles. The first kappa shape index (κ1) is 8.60. The van der Waals surface area contributed by atoms with Crippen LogP contribution in [0.5, 0.6) is 0 Å². The normalized spacial score (nSPS) is 10.5. The van der Waals surface area contributed by atoms with Gasteiger partial charge in [0.15, 0.2) is 0 Å². The molecule has 0 radical (unpaired) electrons. The van der Waals surface area contributed by atoms with Crippen LogP contribution in [0.15, 0.2) is 0 Å². The molecule has 2 nitrogen and oxygen atoms in total. The van der Waals surface area contributed by atoms with Crippen molar-refractivity contribution >= 4 is 11.6 Å². The van der Waals surface area contributed by atoms with E-state index in [1.54, 1.807) is 0 Å². The van der Waals surface area contributed by atoms with Gasteiger partial charge in [0.25, 0.3) is 0 Å². The van der Waals surface area contributed by atoms with Crippen molar-refractivity contribution in [3.05, 3.63) is 17.0 Å². The quantitative estimate of drug-likeness (QED) is 0.625. The van der Waals surface area contributed by atoms with E-state index in [2.05, 4.69) is 18.9 Å². The molecule has 0 atom stereocenters. The fourth-order valence-corrected chi connectivity index (χ4v) is 1.60. The molecule has 0 unspecified atom stereocenters. The van der Waals surface area contributed by atoms with Crippen LogP contribution in [0.25, 0.3) is 0 Å². The highest BCUT2D eigenvalue weighted by Gasteiger charge is 2.08. The van der Waals surface area contributed by atoms with Crippen molar-refractivity contribution in [2.24, 2.45) is 7.05 Å². The van der Waals surface area contributed by atoms with E-state index in [4.69, 9.17) is 11.6 Å². The van der Waals surface area contributed by atoms with Crippen molar-refractivity contribution in [2.75, 3.05) is 0 Å². The summed E-state index contributed by atoms with van der Waals surface area (Å²) >= 11 is 5.70. The molecule has 1 aromatic rings. The summed E-state index contributed by atoms with van der Waals surface area (Å²) in [4.78, 5) is 0. The zero-order valence-electron chi connectivity index (χ0n) is 7.19. The van der Waals surface area contributed by atoms with Gasteiger partial charge in [-0.25, -0.2) is 0 Å². The fourth-order valence-electron chi connectivity index (χ4n) is 1.35. The highest BCUT2D eigenvalue weighted by Crippen LogP contribution is 2.14. The number of aryl methyl sites for hydroxylation is 1. The highest BCUT2D eigenvalue weighted by molar-refractivity contribution is 6.17. The summed E-state index contributed by atoms with van der Waals surface area (Å²) in [5.74, 6) is 0.514. The first-order valence-corrected chi connectivity index (χ1v) is 4.31. The van der Waals surface area contributed by atoms with Gasteiger partial charge in [0, 0.05) is 12.7 Å². The Bertz CT molecular complexity index is 253. The van der Waals surface area contributed by atoms with E-state index < -0.39 is 0 Å². The summed E-state index contributed by atoms with van der Waals surface area (Å²) in [6, 6.07) is 0. The molecule has 3 heteroatoms. The Morgan fingerprint density at radius 1 is 1.55 bits per heavy atom. The molecule has 0 N–H and O–H groups in total. The van der Waals surface area contributed by atoms with Gasteiger partial charge >= 0.3 is 0 Å². The molecule has 0 bridgehead atoms. The van der Waals surface area contributed by atoms with Crippen molar-refractivity contribution in [1.82, 2.24) is 9.78 Å². The first-order valence-electron chi connectivity index (χ1n) is 3.78. The number of hydrogen-bond acceptors (Lipinski definition) is 1. The Morgan fingerprint density at radius 3 is 2.45 bits per heavy atom. The third-order valence-electron chi connectivity index (χ3n) is 1.99. The molecule has 0 saturated carbocycles. The molecule has 1 heterocycles. The van der Waals surface area contributed by atoms with Crippen LogP contribution >= 0.6 is 11.6 Å². The number of aromatic nitrogens is 2. The lowest BCUT2D eigenvalue weighted by atomic mass is 10.2. The van der Waals surface area contributed by atoms with E-state index in [-0.39, 0.29) is 0 Å². The van der Waals surface area contributed by atoms with Gasteiger partial charge in [-0.1, -0.05) is 6.92 Å². The van der Waals surface area contributed by atoms with Gasteiger partial charge in [-0.3, -0.25) is 4.68 Å². The molecule has 1 rings (SSSR count). The molecule has 0 aliphatic rings. The van der Waals surface area contributed by atoms with Crippen LogP contribution < -0.4 is 0 Å². The summed E-state index contributed by atoms with van der Waals surface area (Å²) in [5.41, 5.74) is 3.52. The summed E-state index contributed by atoms with van der Waals surface area (Å²) in [6.45, 7) is 4.20. The summed E-state index contributed by atoms with van der Waals surface area (Å²) in [7, 11) is 1.96. The minimum Gasteiger partial charge on any atom is -0.272 e. The third-order valence-corrected chi connectivity index (χ3v) is 2.24. The smallest absolute Gasteiger partial charge is 0.0804 e. The second kappa shape index (κ2) is 3.26. The maximum atomic E-state index is 5.70. The lowest BCUT2D eigenvalue weighted by Gasteiger charge is -1.96.